The van der Waals surface area contributed by atoms with Gasteiger partial charge in [0.1, 0.15) is 5.82 Å². The maximum atomic E-state index is 13.6. The fourth-order valence-electron chi connectivity index (χ4n) is 3.19. The summed E-state index contributed by atoms with van der Waals surface area (Å²) in [7, 11) is 1.36. The molecule has 1 atom stereocenters. The molecule has 3 rings (SSSR count). The number of halogens is 1. The minimum Gasteiger partial charge on any atom is -0.479 e. The van der Waals surface area contributed by atoms with Crippen LogP contribution in [-0.4, -0.2) is 46.0 Å². The van der Waals surface area contributed by atoms with Crippen LogP contribution < -0.4 is 5.32 Å². The summed E-state index contributed by atoms with van der Waals surface area (Å²) in [6.07, 6.45) is 2.25. The first-order valence-corrected chi connectivity index (χ1v) is 8.27. The smallest absolute Gasteiger partial charge is 0.331 e. The van der Waals surface area contributed by atoms with Crippen molar-refractivity contribution >= 4 is 11.9 Å². The highest BCUT2D eigenvalue weighted by Gasteiger charge is 2.37. The lowest BCUT2D eigenvalue weighted by Crippen LogP contribution is -2.55. The van der Waals surface area contributed by atoms with Crippen molar-refractivity contribution in [1.82, 2.24) is 15.1 Å². The lowest BCUT2D eigenvalue weighted by molar-refractivity contribution is -0.145. The highest BCUT2D eigenvalue weighted by molar-refractivity contribution is 5.97. The van der Waals surface area contributed by atoms with Crippen LogP contribution >= 0.6 is 0 Å². The number of aromatic nitrogens is 2. The summed E-state index contributed by atoms with van der Waals surface area (Å²) >= 11 is 0. The summed E-state index contributed by atoms with van der Waals surface area (Å²) in [5, 5.41) is 16.3. The van der Waals surface area contributed by atoms with E-state index in [9.17, 15) is 19.1 Å². The van der Waals surface area contributed by atoms with E-state index in [4.69, 9.17) is 4.74 Å². The molecule has 2 N–H and O–H groups in total. The number of benzene rings is 1. The number of carbonyl (C=O) groups excluding carboxylic acids is 1. The number of rotatable bonds is 6. The molecular formula is C18H20FN3O4. The van der Waals surface area contributed by atoms with Crippen LogP contribution in [0, 0.1) is 5.82 Å². The van der Waals surface area contributed by atoms with Gasteiger partial charge in [-0.2, -0.15) is 5.10 Å². The molecule has 1 amide bonds. The van der Waals surface area contributed by atoms with E-state index in [0.717, 1.165) is 24.1 Å². The summed E-state index contributed by atoms with van der Waals surface area (Å²) in [4.78, 5) is 24.2. The molecule has 0 fully saturated rings. The van der Waals surface area contributed by atoms with E-state index < -0.39 is 23.2 Å². The molecule has 1 unspecified atom stereocenters. The molecule has 0 aliphatic heterocycles. The summed E-state index contributed by atoms with van der Waals surface area (Å²) in [6.45, 7) is 1.20. The van der Waals surface area contributed by atoms with E-state index in [1.165, 1.54) is 26.2 Å². The first kappa shape index (κ1) is 18.1. The minimum absolute atomic E-state index is 0.172. The van der Waals surface area contributed by atoms with Gasteiger partial charge in [-0.25, -0.2) is 13.9 Å². The number of hydrogen-bond donors (Lipinski definition) is 2. The van der Waals surface area contributed by atoms with E-state index in [0.29, 0.717) is 12.1 Å². The average Bonchev–Trinajstić information content (AvgIpc) is 3.16. The number of carbonyl (C=O) groups is 2. The van der Waals surface area contributed by atoms with Crippen LogP contribution in [0.4, 0.5) is 4.39 Å². The van der Waals surface area contributed by atoms with Crippen LogP contribution in [0.15, 0.2) is 24.3 Å². The van der Waals surface area contributed by atoms with Crippen molar-refractivity contribution in [2.24, 2.45) is 0 Å². The topological polar surface area (TPSA) is 93.5 Å². The van der Waals surface area contributed by atoms with Gasteiger partial charge < -0.3 is 15.2 Å². The molecule has 1 aromatic heterocycles. The van der Waals surface area contributed by atoms with Gasteiger partial charge in [-0.3, -0.25) is 4.79 Å². The Balaban J connectivity index is 1.97. The molecule has 8 heteroatoms. The third-order valence-corrected chi connectivity index (χ3v) is 4.49. The zero-order valence-electron chi connectivity index (χ0n) is 14.6. The fraction of sp³-hybridized carbons (Fsp3) is 0.389. The molecule has 1 aliphatic rings. The van der Waals surface area contributed by atoms with Gasteiger partial charge in [-0.05, 0) is 44.4 Å². The van der Waals surface area contributed by atoms with Crippen molar-refractivity contribution < 1.29 is 23.8 Å². The molecule has 0 radical (unpaired) electrons. The van der Waals surface area contributed by atoms with Crippen LogP contribution in [0.25, 0.3) is 5.69 Å². The summed E-state index contributed by atoms with van der Waals surface area (Å²) in [6, 6.07) is 5.97. The van der Waals surface area contributed by atoms with E-state index in [2.05, 4.69) is 10.4 Å². The second-order valence-corrected chi connectivity index (χ2v) is 6.54. The van der Waals surface area contributed by atoms with Gasteiger partial charge in [-0.15, -0.1) is 0 Å². The first-order valence-electron chi connectivity index (χ1n) is 8.27. The molecule has 1 heterocycles. The number of nitrogens with zero attached hydrogens (tertiary/aromatic N) is 2. The van der Waals surface area contributed by atoms with Gasteiger partial charge >= 0.3 is 5.97 Å². The number of nitrogens with one attached hydrogen (secondary N) is 1. The monoisotopic (exact) mass is 361 g/mol. The quantitative estimate of drug-likeness (QED) is 0.817. The molecular weight excluding hydrogens is 341 g/mol. The molecule has 26 heavy (non-hydrogen) atoms. The van der Waals surface area contributed by atoms with Gasteiger partial charge in [0.15, 0.2) is 11.2 Å². The van der Waals surface area contributed by atoms with E-state index in [-0.39, 0.29) is 12.3 Å². The van der Waals surface area contributed by atoms with Crippen LogP contribution in [-0.2, 0) is 22.4 Å². The highest BCUT2D eigenvalue weighted by Crippen LogP contribution is 2.28. The zero-order chi connectivity index (χ0) is 18.9. The second kappa shape index (κ2) is 6.87. The third kappa shape index (κ3) is 3.20. The molecule has 0 saturated carbocycles. The Bertz CT molecular complexity index is 864. The Morgan fingerprint density at radius 2 is 2.19 bits per heavy atom. The van der Waals surface area contributed by atoms with Crippen LogP contribution in [0.1, 0.15) is 35.1 Å². The summed E-state index contributed by atoms with van der Waals surface area (Å²) in [5.74, 6) is -2.18. The normalized spacial score (nSPS) is 15.3. The number of aliphatic carboxylic acids is 1. The van der Waals surface area contributed by atoms with Gasteiger partial charge in [0.2, 0.25) is 0 Å². The zero-order valence-corrected chi connectivity index (χ0v) is 14.6. The van der Waals surface area contributed by atoms with Crippen molar-refractivity contribution in [3.8, 4) is 5.69 Å². The standard InChI is InChI=1S/C18H20FN3O4/c1-18(10-26-2,17(24)25)20-16(23)15-13-7-4-8-14(13)22(21-15)12-6-3-5-11(19)9-12/h3,5-6,9H,4,7-8,10H2,1-2H3,(H,20,23)(H,24,25). The number of ether oxygens (including phenoxy) is 1. The molecule has 138 valence electrons. The average molecular weight is 361 g/mol. The van der Waals surface area contributed by atoms with E-state index in [1.54, 1.807) is 16.8 Å². The number of carboxylic acid groups (broad SMARTS) is 1. The number of methoxy groups -OCH3 is 1. The molecule has 0 saturated heterocycles. The van der Waals surface area contributed by atoms with Crippen molar-refractivity contribution in [3.05, 3.63) is 47.0 Å². The molecule has 1 aromatic carbocycles. The van der Waals surface area contributed by atoms with Gasteiger partial charge in [-0.1, -0.05) is 6.07 Å². The number of carboxylic acids is 1. The van der Waals surface area contributed by atoms with Crippen molar-refractivity contribution in [1.29, 1.82) is 0 Å². The molecule has 0 bridgehead atoms. The highest BCUT2D eigenvalue weighted by atomic mass is 19.1. The van der Waals surface area contributed by atoms with E-state index in [1.807, 2.05) is 0 Å². The van der Waals surface area contributed by atoms with Crippen molar-refractivity contribution in [3.63, 3.8) is 0 Å². The fourth-order valence-corrected chi connectivity index (χ4v) is 3.19. The lowest BCUT2D eigenvalue weighted by atomic mass is 10.0. The maximum absolute atomic E-state index is 13.6. The van der Waals surface area contributed by atoms with Crippen molar-refractivity contribution in [2.45, 2.75) is 31.7 Å². The van der Waals surface area contributed by atoms with Gasteiger partial charge in [0.25, 0.3) is 5.91 Å². The second-order valence-electron chi connectivity index (χ2n) is 6.54. The summed E-state index contributed by atoms with van der Waals surface area (Å²) in [5.41, 5.74) is 0.756. The van der Waals surface area contributed by atoms with Crippen LogP contribution in [0.5, 0.6) is 0 Å². The Morgan fingerprint density at radius 1 is 1.42 bits per heavy atom. The number of hydrogen-bond acceptors (Lipinski definition) is 4. The molecule has 0 spiro atoms. The van der Waals surface area contributed by atoms with Gasteiger partial charge in [0, 0.05) is 18.4 Å². The third-order valence-electron chi connectivity index (χ3n) is 4.49. The molecule has 1 aliphatic carbocycles. The maximum Gasteiger partial charge on any atom is 0.331 e. The predicted octanol–water partition coefficient (Wildman–Crippen LogP) is 1.72. The molecule has 2 aromatic rings. The van der Waals surface area contributed by atoms with Gasteiger partial charge in [0.05, 0.1) is 12.3 Å². The summed E-state index contributed by atoms with van der Waals surface area (Å²) < 4.78 is 20.1. The molecule has 7 nitrogen and oxygen atoms in total. The Labute approximate surface area is 149 Å². The Morgan fingerprint density at radius 3 is 2.85 bits per heavy atom. The number of fused-ring (bicyclic) bond motifs is 1. The minimum atomic E-state index is -1.57. The SMILES string of the molecule is COCC(C)(NC(=O)c1nn(-c2cccc(F)c2)c2c1CCC2)C(=O)O. The lowest BCUT2D eigenvalue weighted by Gasteiger charge is -2.24. The first-order chi connectivity index (χ1) is 12.4. The van der Waals surface area contributed by atoms with Crippen molar-refractivity contribution in [2.75, 3.05) is 13.7 Å². The van der Waals surface area contributed by atoms with Crippen LogP contribution in [0.3, 0.4) is 0 Å². The predicted molar refractivity (Wildman–Crippen MR) is 90.9 cm³/mol. The largest absolute Gasteiger partial charge is 0.479 e. The van der Waals surface area contributed by atoms with Crippen LogP contribution in [0.2, 0.25) is 0 Å². The Kier molecular flexibility index (Phi) is 4.78. The Hall–Kier alpha value is -2.74. The van der Waals surface area contributed by atoms with E-state index >= 15 is 0 Å². The number of amides is 1.